The summed E-state index contributed by atoms with van der Waals surface area (Å²) in [6.07, 6.45) is 4.77. The van der Waals surface area contributed by atoms with E-state index >= 15 is 0 Å². The number of ketones is 1. The summed E-state index contributed by atoms with van der Waals surface area (Å²) in [7, 11) is 0. The topological polar surface area (TPSA) is 68.3 Å². The molecule has 0 bridgehead atoms. The van der Waals surface area contributed by atoms with E-state index in [1.807, 2.05) is 12.1 Å². The maximum absolute atomic E-state index is 11.9. The summed E-state index contributed by atoms with van der Waals surface area (Å²) in [5, 5.41) is 3.33. The van der Waals surface area contributed by atoms with E-state index in [1.54, 1.807) is 54.2 Å². The summed E-state index contributed by atoms with van der Waals surface area (Å²) in [6, 6.07) is 13.9. The molecule has 0 radical (unpaired) electrons. The minimum Gasteiger partial charge on any atom is -0.484 e. The molecule has 3 rings (SSSR count). The molecule has 27 heavy (non-hydrogen) atoms. The van der Waals surface area contributed by atoms with Crippen molar-refractivity contribution in [3.63, 3.8) is 0 Å². The first-order chi connectivity index (χ1) is 13.1. The van der Waals surface area contributed by atoms with Gasteiger partial charge in [0.1, 0.15) is 5.75 Å². The third-order valence-corrected chi connectivity index (χ3v) is 4.52. The number of allylic oxidation sites excluding steroid dienone is 1. The van der Waals surface area contributed by atoms with Crippen LogP contribution in [0.4, 0.5) is 5.69 Å². The Balaban J connectivity index is 1.49. The van der Waals surface area contributed by atoms with E-state index in [2.05, 4.69) is 10.3 Å². The summed E-state index contributed by atoms with van der Waals surface area (Å²) in [5.74, 6) is 0.209. The van der Waals surface area contributed by atoms with Crippen LogP contribution in [0.15, 0.2) is 66.3 Å². The van der Waals surface area contributed by atoms with Crippen LogP contribution < -0.4 is 10.1 Å². The number of nitrogens with one attached hydrogen (secondary N) is 1. The van der Waals surface area contributed by atoms with Crippen LogP contribution in [0.5, 0.6) is 5.75 Å². The van der Waals surface area contributed by atoms with Gasteiger partial charge in [0.05, 0.1) is 10.4 Å². The fraction of sp³-hybridized carbons (Fsp3) is 0.0500. The molecule has 0 aliphatic carbocycles. The first-order valence-corrected chi connectivity index (χ1v) is 9.25. The number of rotatable bonds is 7. The number of amides is 1. The molecular weight excluding hydrogens is 384 g/mol. The Morgan fingerprint density at radius 1 is 1.11 bits per heavy atom. The van der Waals surface area contributed by atoms with E-state index in [0.29, 0.717) is 21.3 Å². The average molecular weight is 399 g/mol. The number of hydrogen-bond donors (Lipinski definition) is 1. The standard InChI is InChI=1S/C20H15ClN2O3S/c21-15-4-6-16(7-5-15)23-20(25)12-26-17-8-1-14(2-9-17)3-10-18(24)19-11-22-13-27-19/h1-11,13H,12H2,(H,23,25)/b10-3+. The predicted octanol–water partition coefficient (Wildman–Crippen LogP) is 4.71. The highest BCUT2D eigenvalue weighted by molar-refractivity contribution is 7.11. The van der Waals surface area contributed by atoms with Crippen LogP contribution in [0.25, 0.3) is 6.08 Å². The smallest absolute Gasteiger partial charge is 0.262 e. The number of halogens is 1. The number of nitrogens with zero attached hydrogens (tertiary/aromatic N) is 1. The van der Waals surface area contributed by atoms with E-state index in [4.69, 9.17) is 16.3 Å². The van der Waals surface area contributed by atoms with Gasteiger partial charge in [0.15, 0.2) is 12.4 Å². The number of anilines is 1. The number of carbonyl (C=O) groups is 2. The highest BCUT2D eigenvalue weighted by Crippen LogP contribution is 2.16. The number of ether oxygens (including phenoxy) is 1. The van der Waals surface area contributed by atoms with E-state index in [0.717, 1.165) is 5.56 Å². The third kappa shape index (κ3) is 5.77. The quantitative estimate of drug-likeness (QED) is 0.462. The zero-order valence-corrected chi connectivity index (χ0v) is 15.7. The van der Waals surface area contributed by atoms with Crippen molar-refractivity contribution in [2.45, 2.75) is 0 Å². The molecule has 0 aliphatic rings. The van der Waals surface area contributed by atoms with Crippen molar-refractivity contribution in [1.29, 1.82) is 0 Å². The largest absolute Gasteiger partial charge is 0.484 e. The van der Waals surface area contributed by atoms with Crippen molar-refractivity contribution in [2.75, 3.05) is 11.9 Å². The Hall–Kier alpha value is -2.96. The van der Waals surface area contributed by atoms with Crippen LogP contribution in [-0.2, 0) is 4.79 Å². The van der Waals surface area contributed by atoms with Gasteiger partial charge in [-0.05, 0) is 48.0 Å². The second-order valence-corrected chi connectivity index (χ2v) is 6.80. The van der Waals surface area contributed by atoms with Gasteiger partial charge in [-0.3, -0.25) is 14.6 Å². The predicted molar refractivity (Wildman–Crippen MR) is 107 cm³/mol. The minimum absolute atomic E-state index is 0.0864. The first-order valence-electron chi connectivity index (χ1n) is 7.99. The molecule has 7 heteroatoms. The molecule has 0 spiro atoms. The number of thiazole rings is 1. The summed E-state index contributed by atoms with van der Waals surface area (Å²) in [6.45, 7) is -0.109. The SMILES string of the molecule is O=C(COc1ccc(/C=C/C(=O)c2cncs2)cc1)Nc1ccc(Cl)cc1. The number of carbonyl (C=O) groups excluding carboxylic acids is 2. The molecule has 0 saturated carbocycles. The van der Waals surface area contributed by atoms with Gasteiger partial charge in [-0.2, -0.15) is 0 Å². The lowest BCUT2D eigenvalue weighted by atomic mass is 10.2. The fourth-order valence-corrected chi connectivity index (χ4v) is 2.81. The van der Waals surface area contributed by atoms with Crippen LogP contribution >= 0.6 is 22.9 Å². The molecule has 0 unspecified atom stereocenters. The maximum Gasteiger partial charge on any atom is 0.262 e. The lowest BCUT2D eigenvalue weighted by Gasteiger charge is -2.08. The minimum atomic E-state index is -0.267. The number of aromatic nitrogens is 1. The van der Waals surface area contributed by atoms with Gasteiger partial charge in [0.25, 0.3) is 5.91 Å². The van der Waals surface area contributed by atoms with E-state index in [-0.39, 0.29) is 18.3 Å². The van der Waals surface area contributed by atoms with Crippen LogP contribution in [0.2, 0.25) is 5.02 Å². The van der Waals surface area contributed by atoms with Crippen LogP contribution in [0.1, 0.15) is 15.2 Å². The van der Waals surface area contributed by atoms with Crippen LogP contribution in [0.3, 0.4) is 0 Å². The summed E-state index contributed by atoms with van der Waals surface area (Å²) in [5.41, 5.74) is 3.13. The average Bonchev–Trinajstić information content (AvgIpc) is 3.22. The van der Waals surface area contributed by atoms with E-state index in [1.165, 1.54) is 17.4 Å². The van der Waals surface area contributed by atoms with Crippen molar-refractivity contribution in [3.8, 4) is 5.75 Å². The Bertz CT molecular complexity index is 936. The zero-order chi connectivity index (χ0) is 19.1. The molecule has 3 aromatic rings. The highest BCUT2D eigenvalue weighted by atomic mass is 35.5. The Labute approximate surface area is 165 Å². The second kappa shape index (κ2) is 9.12. The Morgan fingerprint density at radius 2 is 1.85 bits per heavy atom. The van der Waals surface area contributed by atoms with E-state index in [9.17, 15) is 9.59 Å². The van der Waals surface area contributed by atoms with Crippen LogP contribution in [0, 0.1) is 0 Å². The molecule has 0 aliphatic heterocycles. The van der Waals surface area contributed by atoms with Gasteiger partial charge in [-0.1, -0.05) is 29.8 Å². The summed E-state index contributed by atoms with van der Waals surface area (Å²) < 4.78 is 5.47. The normalized spacial score (nSPS) is 10.7. The van der Waals surface area contributed by atoms with Crippen molar-refractivity contribution >= 4 is 46.4 Å². The molecule has 1 heterocycles. The van der Waals surface area contributed by atoms with Gasteiger partial charge in [0, 0.05) is 16.9 Å². The van der Waals surface area contributed by atoms with Crippen molar-refractivity contribution in [3.05, 3.63) is 81.8 Å². The van der Waals surface area contributed by atoms with Gasteiger partial charge >= 0.3 is 0 Å². The second-order valence-electron chi connectivity index (χ2n) is 5.48. The monoisotopic (exact) mass is 398 g/mol. The molecule has 5 nitrogen and oxygen atoms in total. The van der Waals surface area contributed by atoms with Crippen LogP contribution in [-0.4, -0.2) is 23.3 Å². The van der Waals surface area contributed by atoms with Gasteiger partial charge < -0.3 is 10.1 Å². The number of hydrogen-bond acceptors (Lipinski definition) is 5. The Kier molecular flexibility index (Phi) is 6.35. The molecule has 136 valence electrons. The van der Waals surface area contributed by atoms with E-state index < -0.39 is 0 Å². The summed E-state index contributed by atoms with van der Waals surface area (Å²) >= 11 is 7.11. The van der Waals surface area contributed by atoms with Crippen molar-refractivity contribution in [2.24, 2.45) is 0 Å². The van der Waals surface area contributed by atoms with Gasteiger partial charge in [0.2, 0.25) is 0 Å². The molecule has 1 amide bonds. The molecule has 2 aromatic carbocycles. The van der Waals surface area contributed by atoms with Gasteiger partial charge in [-0.15, -0.1) is 11.3 Å². The summed E-state index contributed by atoms with van der Waals surface area (Å²) in [4.78, 5) is 28.3. The molecule has 0 saturated heterocycles. The maximum atomic E-state index is 11.9. The third-order valence-electron chi connectivity index (χ3n) is 3.48. The lowest BCUT2D eigenvalue weighted by molar-refractivity contribution is -0.118. The lowest BCUT2D eigenvalue weighted by Crippen LogP contribution is -2.20. The molecular formula is C20H15ClN2O3S. The zero-order valence-electron chi connectivity index (χ0n) is 14.1. The number of benzene rings is 2. The van der Waals surface area contributed by atoms with Gasteiger partial charge in [-0.25, -0.2) is 0 Å². The molecule has 0 atom stereocenters. The molecule has 1 N–H and O–H groups in total. The fourth-order valence-electron chi connectivity index (χ4n) is 2.15. The highest BCUT2D eigenvalue weighted by Gasteiger charge is 2.05. The molecule has 0 fully saturated rings. The molecule has 1 aromatic heterocycles. The first kappa shape index (κ1) is 18.8. The Morgan fingerprint density at radius 3 is 2.52 bits per heavy atom. The van der Waals surface area contributed by atoms with Crippen molar-refractivity contribution < 1.29 is 14.3 Å². The van der Waals surface area contributed by atoms with Crippen molar-refractivity contribution in [1.82, 2.24) is 4.98 Å².